The molecule has 0 aliphatic carbocycles. The Morgan fingerprint density at radius 2 is 1.49 bits per heavy atom. The van der Waals surface area contributed by atoms with E-state index in [4.69, 9.17) is 23.7 Å². The number of anilines is 1. The van der Waals surface area contributed by atoms with Crippen LogP contribution in [0.2, 0.25) is 0 Å². The molecule has 0 saturated carbocycles. The third-order valence-corrected chi connectivity index (χ3v) is 4.69. The van der Waals surface area contributed by atoms with Gasteiger partial charge in [0.05, 0.1) is 29.9 Å². The highest BCUT2D eigenvalue weighted by Gasteiger charge is 2.21. The zero-order valence-electron chi connectivity index (χ0n) is 21.2. The van der Waals surface area contributed by atoms with Gasteiger partial charge in [-0.1, -0.05) is 6.07 Å². The van der Waals surface area contributed by atoms with E-state index in [1.54, 1.807) is 32.0 Å². The lowest BCUT2D eigenvalue weighted by atomic mass is 10.2. The zero-order chi connectivity index (χ0) is 27.4. The van der Waals surface area contributed by atoms with Crippen molar-refractivity contribution >= 4 is 29.3 Å². The summed E-state index contributed by atoms with van der Waals surface area (Å²) in [4.78, 5) is 47.7. The Bertz CT molecular complexity index is 1100. The van der Waals surface area contributed by atoms with E-state index in [1.807, 2.05) is 6.92 Å². The first kappa shape index (κ1) is 28.9. The van der Waals surface area contributed by atoms with E-state index in [1.165, 1.54) is 24.0 Å². The summed E-state index contributed by atoms with van der Waals surface area (Å²) >= 11 is 0. The van der Waals surface area contributed by atoms with E-state index in [-0.39, 0.29) is 56.7 Å². The fraction of sp³-hybridized carbons (Fsp3) is 0.400. The molecule has 0 aliphatic heterocycles. The van der Waals surface area contributed by atoms with Gasteiger partial charge in [0.1, 0.15) is 37.8 Å². The smallest absolute Gasteiger partial charge is 0.325 e. The molecule has 0 fully saturated rings. The van der Waals surface area contributed by atoms with Crippen LogP contribution in [0.1, 0.15) is 26.3 Å². The second-order valence-electron chi connectivity index (χ2n) is 7.61. The topological polar surface area (TPSA) is 144 Å². The van der Waals surface area contributed by atoms with E-state index >= 15 is 0 Å². The molecule has 2 aromatic rings. The Balaban J connectivity index is 2.16. The molecular formula is C25H30N2O10. The predicted molar refractivity (Wildman–Crippen MR) is 132 cm³/mol. The molecule has 2 aromatic carbocycles. The van der Waals surface area contributed by atoms with Gasteiger partial charge in [-0.15, -0.1) is 0 Å². The average Bonchev–Trinajstić information content (AvgIpc) is 2.82. The zero-order valence-corrected chi connectivity index (χ0v) is 21.2. The highest BCUT2D eigenvalue weighted by molar-refractivity contribution is 5.82. The van der Waals surface area contributed by atoms with Crippen LogP contribution in [0, 0.1) is 17.0 Å². The number of aryl methyl sites for hydroxylation is 1. The first-order valence-electron chi connectivity index (χ1n) is 11.5. The van der Waals surface area contributed by atoms with Crippen LogP contribution in [0.5, 0.6) is 17.2 Å². The van der Waals surface area contributed by atoms with E-state index < -0.39 is 22.8 Å². The van der Waals surface area contributed by atoms with E-state index in [2.05, 4.69) is 0 Å². The van der Waals surface area contributed by atoms with Crippen molar-refractivity contribution < 1.29 is 43.0 Å². The Morgan fingerprint density at radius 3 is 2.03 bits per heavy atom. The van der Waals surface area contributed by atoms with Gasteiger partial charge in [0.25, 0.3) is 0 Å². The first-order valence-corrected chi connectivity index (χ1v) is 11.5. The normalized spacial score (nSPS) is 10.3. The van der Waals surface area contributed by atoms with Crippen LogP contribution >= 0.6 is 0 Å². The van der Waals surface area contributed by atoms with E-state index in [0.717, 1.165) is 11.6 Å². The highest BCUT2D eigenvalue weighted by Crippen LogP contribution is 2.32. The summed E-state index contributed by atoms with van der Waals surface area (Å²) in [5.41, 5.74) is 0.956. The number of nitro groups is 1. The summed E-state index contributed by atoms with van der Waals surface area (Å²) in [6, 6.07) is 9.05. The Kier molecular flexibility index (Phi) is 11.1. The van der Waals surface area contributed by atoms with Crippen molar-refractivity contribution in [2.75, 3.05) is 44.4 Å². The van der Waals surface area contributed by atoms with Gasteiger partial charge >= 0.3 is 23.6 Å². The molecule has 200 valence electrons. The van der Waals surface area contributed by atoms with Crippen molar-refractivity contribution in [1.29, 1.82) is 0 Å². The van der Waals surface area contributed by atoms with Crippen LogP contribution in [0.15, 0.2) is 36.4 Å². The first-order chi connectivity index (χ1) is 17.6. The van der Waals surface area contributed by atoms with Crippen molar-refractivity contribution in [2.45, 2.75) is 27.7 Å². The summed E-state index contributed by atoms with van der Waals surface area (Å²) in [6.45, 7) is 6.31. The van der Waals surface area contributed by atoms with Gasteiger partial charge in [0.15, 0.2) is 5.75 Å². The minimum absolute atomic E-state index is 0.00798. The molecule has 0 spiro atoms. The second kappa shape index (κ2) is 14.3. The van der Waals surface area contributed by atoms with Gasteiger partial charge < -0.3 is 28.6 Å². The standard InChI is InChI=1S/C25H30N2O10/c1-5-33-24(29)15-26(16-25(30)34-6-2)20-9-7-17(3)13-23(20)36-12-11-35-22-10-8-19(37-18(4)28)14-21(22)27(31)32/h7-10,13-14H,5-6,11-12,15-16H2,1-4H3. The number of esters is 3. The number of rotatable bonds is 14. The molecule has 0 saturated heterocycles. The molecule has 0 aliphatic rings. The summed E-state index contributed by atoms with van der Waals surface area (Å²) in [5.74, 6) is -1.28. The summed E-state index contributed by atoms with van der Waals surface area (Å²) in [6.07, 6.45) is 0. The van der Waals surface area contributed by atoms with Gasteiger partial charge in [0.2, 0.25) is 0 Å². The monoisotopic (exact) mass is 518 g/mol. The number of hydrogen-bond acceptors (Lipinski definition) is 11. The van der Waals surface area contributed by atoms with Crippen LogP contribution in [0.3, 0.4) is 0 Å². The van der Waals surface area contributed by atoms with Gasteiger partial charge in [-0.3, -0.25) is 24.5 Å². The molecule has 0 heterocycles. The van der Waals surface area contributed by atoms with Gasteiger partial charge in [-0.05, 0) is 50.6 Å². The Morgan fingerprint density at radius 1 is 0.892 bits per heavy atom. The van der Waals surface area contributed by atoms with Crippen LogP contribution in [-0.2, 0) is 23.9 Å². The molecule has 37 heavy (non-hydrogen) atoms. The Labute approximate surface area is 214 Å². The minimum Gasteiger partial charge on any atom is -0.488 e. The fourth-order valence-corrected chi connectivity index (χ4v) is 3.24. The number of carbonyl (C=O) groups is 3. The maximum Gasteiger partial charge on any atom is 0.325 e. The van der Waals surface area contributed by atoms with Crippen molar-refractivity contribution in [1.82, 2.24) is 0 Å². The van der Waals surface area contributed by atoms with Gasteiger partial charge in [0, 0.05) is 6.92 Å². The van der Waals surface area contributed by atoms with Gasteiger partial charge in [-0.25, -0.2) is 0 Å². The van der Waals surface area contributed by atoms with Crippen molar-refractivity contribution in [2.24, 2.45) is 0 Å². The fourth-order valence-electron chi connectivity index (χ4n) is 3.24. The number of benzene rings is 2. The molecule has 0 radical (unpaired) electrons. The van der Waals surface area contributed by atoms with Crippen molar-refractivity contribution in [3.05, 3.63) is 52.1 Å². The maximum atomic E-state index is 12.2. The molecule has 0 amide bonds. The number of hydrogen-bond donors (Lipinski definition) is 0. The maximum absolute atomic E-state index is 12.2. The predicted octanol–water partition coefficient (Wildman–Crippen LogP) is 3.22. The van der Waals surface area contributed by atoms with Crippen LogP contribution in [-0.4, -0.2) is 62.3 Å². The molecule has 0 atom stereocenters. The number of carbonyl (C=O) groups excluding carboxylic acids is 3. The van der Waals surface area contributed by atoms with Gasteiger partial charge in [-0.2, -0.15) is 0 Å². The lowest BCUT2D eigenvalue weighted by Crippen LogP contribution is -2.36. The average molecular weight is 519 g/mol. The number of ether oxygens (including phenoxy) is 5. The lowest BCUT2D eigenvalue weighted by Gasteiger charge is -2.25. The Hall–Kier alpha value is -4.35. The quantitative estimate of drug-likeness (QED) is 0.119. The molecule has 12 heteroatoms. The highest BCUT2D eigenvalue weighted by atomic mass is 16.6. The second-order valence-corrected chi connectivity index (χ2v) is 7.61. The molecular weight excluding hydrogens is 488 g/mol. The summed E-state index contributed by atoms with van der Waals surface area (Å²) in [5, 5.41) is 11.4. The third kappa shape index (κ3) is 9.32. The van der Waals surface area contributed by atoms with Crippen molar-refractivity contribution in [3.8, 4) is 17.2 Å². The van der Waals surface area contributed by atoms with Crippen LogP contribution < -0.4 is 19.1 Å². The summed E-state index contributed by atoms with van der Waals surface area (Å²) < 4.78 is 26.3. The minimum atomic E-state index is -0.648. The number of nitro benzene ring substituents is 1. The molecule has 0 aromatic heterocycles. The lowest BCUT2D eigenvalue weighted by molar-refractivity contribution is -0.385. The molecule has 0 bridgehead atoms. The molecule has 2 rings (SSSR count). The number of nitrogens with zero attached hydrogens (tertiary/aromatic N) is 2. The van der Waals surface area contributed by atoms with Crippen LogP contribution in [0.4, 0.5) is 11.4 Å². The van der Waals surface area contributed by atoms with E-state index in [9.17, 15) is 24.5 Å². The van der Waals surface area contributed by atoms with E-state index in [0.29, 0.717) is 11.4 Å². The molecule has 0 unspecified atom stereocenters. The molecule has 0 N–H and O–H groups in total. The van der Waals surface area contributed by atoms with Crippen molar-refractivity contribution in [3.63, 3.8) is 0 Å². The van der Waals surface area contributed by atoms with Crippen LogP contribution in [0.25, 0.3) is 0 Å². The largest absolute Gasteiger partial charge is 0.488 e. The molecule has 12 nitrogen and oxygen atoms in total. The SMILES string of the molecule is CCOC(=O)CN(CC(=O)OCC)c1ccc(C)cc1OCCOc1ccc(OC(C)=O)cc1[N+](=O)[O-]. The summed E-state index contributed by atoms with van der Waals surface area (Å²) in [7, 11) is 0. The third-order valence-electron chi connectivity index (χ3n) is 4.69.